The first kappa shape index (κ1) is 14.2. The van der Waals surface area contributed by atoms with Crippen molar-refractivity contribution in [2.45, 2.75) is 39.2 Å². The molecular weight excluding hydrogens is 210 g/mol. The predicted octanol–water partition coefficient (Wildman–Crippen LogP) is 2.92. The number of hydrogen-bond donors (Lipinski definition) is 2. The van der Waals surface area contributed by atoms with Crippen LogP contribution in [0.15, 0.2) is 30.3 Å². The normalized spacial score (nSPS) is 14.9. The van der Waals surface area contributed by atoms with Crippen molar-refractivity contribution in [2.75, 3.05) is 13.1 Å². The van der Waals surface area contributed by atoms with Gasteiger partial charge in [-0.05, 0) is 24.9 Å². The highest BCUT2D eigenvalue weighted by Gasteiger charge is 2.22. The molecule has 0 saturated heterocycles. The highest BCUT2D eigenvalue weighted by Crippen LogP contribution is 2.19. The Hall–Kier alpha value is -0.860. The van der Waals surface area contributed by atoms with Crippen molar-refractivity contribution < 1.29 is 5.11 Å². The van der Waals surface area contributed by atoms with Crippen LogP contribution in [0.2, 0.25) is 0 Å². The van der Waals surface area contributed by atoms with Gasteiger partial charge >= 0.3 is 0 Å². The van der Waals surface area contributed by atoms with Crippen molar-refractivity contribution in [3.8, 4) is 0 Å². The Labute approximate surface area is 105 Å². The average molecular weight is 235 g/mol. The molecule has 0 fully saturated rings. The fourth-order valence-corrected chi connectivity index (χ4v) is 2.00. The molecule has 0 spiro atoms. The summed E-state index contributed by atoms with van der Waals surface area (Å²) in [6, 6.07) is 9.84. The summed E-state index contributed by atoms with van der Waals surface area (Å²) in [6.07, 6.45) is 2.38. The van der Waals surface area contributed by atoms with Gasteiger partial charge in [0.15, 0.2) is 0 Å². The van der Waals surface area contributed by atoms with E-state index in [1.54, 1.807) is 0 Å². The maximum absolute atomic E-state index is 10.4. The lowest BCUT2D eigenvalue weighted by molar-refractivity contribution is 0.0559. The molecule has 1 aromatic carbocycles. The number of nitrogens with one attached hydrogen (secondary N) is 1. The quantitative estimate of drug-likeness (QED) is 0.761. The molecule has 0 amide bonds. The molecule has 0 aromatic heterocycles. The van der Waals surface area contributed by atoms with E-state index in [2.05, 4.69) is 19.2 Å². The van der Waals surface area contributed by atoms with Crippen LogP contribution in [0.25, 0.3) is 0 Å². The predicted molar refractivity (Wildman–Crippen MR) is 73.0 cm³/mol. The van der Waals surface area contributed by atoms with Gasteiger partial charge in [-0.25, -0.2) is 0 Å². The summed E-state index contributed by atoms with van der Waals surface area (Å²) in [5.74, 6) is 0.710. The molecule has 0 bridgehead atoms. The van der Waals surface area contributed by atoms with Crippen molar-refractivity contribution in [1.29, 1.82) is 0 Å². The van der Waals surface area contributed by atoms with Crippen molar-refractivity contribution in [3.05, 3.63) is 35.9 Å². The summed E-state index contributed by atoms with van der Waals surface area (Å²) in [6.45, 7) is 7.88. The summed E-state index contributed by atoms with van der Waals surface area (Å²) in [4.78, 5) is 0. The van der Waals surface area contributed by atoms with Crippen LogP contribution in [0.1, 0.15) is 39.2 Å². The molecule has 2 heteroatoms. The second-order valence-corrected chi connectivity index (χ2v) is 4.95. The fraction of sp³-hybridized carbons (Fsp3) is 0.600. The van der Waals surface area contributed by atoms with Gasteiger partial charge in [-0.2, -0.15) is 0 Å². The van der Waals surface area contributed by atoms with E-state index in [0.717, 1.165) is 12.1 Å². The molecule has 17 heavy (non-hydrogen) atoms. The SMILES string of the molecule is CCC(CC)CNCC(C)(O)c1ccccc1. The molecule has 1 rings (SSSR count). The van der Waals surface area contributed by atoms with Crippen LogP contribution in [0.4, 0.5) is 0 Å². The molecule has 0 saturated carbocycles. The van der Waals surface area contributed by atoms with Crippen molar-refractivity contribution in [2.24, 2.45) is 5.92 Å². The number of benzene rings is 1. The van der Waals surface area contributed by atoms with Gasteiger partial charge in [0.1, 0.15) is 0 Å². The fourth-order valence-electron chi connectivity index (χ4n) is 2.00. The maximum Gasteiger partial charge on any atom is 0.0992 e. The number of hydrogen-bond acceptors (Lipinski definition) is 2. The third-order valence-electron chi connectivity index (χ3n) is 3.45. The van der Waals surface area contributed by atoms with Gasteiger partial charge in [0.2, 0.25) is 0 Å². The summed E-state index contributed by atoms with van der Waals surface area (Å²) in [5, 5.41) is 13.8. The topological polar surface area (TPSA) is 32.3 Å². The Morgan fingerprint density at radius 3 is 2.29 bits per heavy atom. The zero-order valence-electron chi connectivity index (χ0n) is 11.2. The zero-order valence-corrected chi connectivity index (χ0v) is 11.2. The second-order valence-electron chi connectivity index (χ2n) is 4.95. The van der Waals surface area contributed by atoms with Gasteiger partial charge in [-0.1, -0.05) is 57.0 Å². The molecule has 0 aliphatic rings. The van der Waals surface area contributed by atoms with Gasteiger partial charge in [0.05, 0.1) is 5.60 Å². The molecule has 1 atom stereocenters. The van der Waals surface area contributed by atoms with E-state index in [4.69, 9.17) is 0 Å². The van der Waals surface area contributed by atoms with Crippen LogP contribution < -0.4 is 5.32 Å². The van der Waals surface area contributed by atoms with Crippen LogP contribution in [0, 0.1) is 5.92 Å². The lowest BCUT2D eigenvalue weighted by Crippen LogP contribution is -2.37. The van der Waals surface area contributed by atoms with E-state index in [-0.39, 0.29) is 0 Å². The highest BCUT2D eigenvalue weighted by molar-refractivity contribution is 5.21. The van der Waals surface area contributed by atoms with Crippen LogP contribution >= 0.6 is 0 Å². The van der Waals surface area contributed by atoms with E-state index in [9.17, 15) is 5.11 Å². The van der Waals surface area contributed by atoms with E-state index < -0.39 is 5.60 Å². The summed E-state index contributed by atoms with van der Waals surface area (Å²) < 4.78 is 0. The minimum atomic E-state index is -0.784. The zero-order chi connectivity index (χ0) is 12.7. The van der Waals surface area contributed by atoms with Crippen LogP contribution in [-0.2, 0) is 5.60 Å². The molecule has 0 aliphatic heterocycles. The van der Waals surface area contributed by atoms with Gasteiger partial charge in [0.25, 0.3) is 0 Å². The largest absolute Gasteiger partial charge is 0.384 e. The number of rotatable bonds is 7. The molecule has 2 N–H and O–H groups in total. The Bertz CT molecular complexity index is 304. The molecule has 0 radical (unpaired) electrons. The molecule has 1 aromatic rings. The Morgan fingerprint density at radius 2 is 1.76 bits per heavy atom. The monoisotopic (exact) mass is 235 g/mol. The van der Waals surface area contributed by atoms with Crippen LogP contribution in [0.3, 0.4) is 0 Å². The lowest BCUT2D eigenvalue weighted by atomic mass is 9.95. The molecule has 0 heterocycles. The van der Waals surface area contributed by atoms with Gasteiger partial charge < -0.3 is 10.4 Å². The highest BCUT2D eigenvalue weighted by atomic mass is 16.3. The molecule has 96 valence electrons. The molecule has 2 nitrogen and oxygen atoms in total. The first-order valence-corrected chi connectivity index (χ1v) is 6.58. The first-order chi connectivity index (χ1) is 8.10. The Balaban J connectivity index is 2.45. The van der Waals surface area contributed by atoms with Crippen molar-refractivity contribution in [1.82, 2.24) is 5.32 Å². The third kappa shape index (κ3) is 4.49. The van der Waals surface area contributed by atoms with E-state index >= 15 is 0 Å². The van der Waals surface area contributed by atoms with Gasteiger partial charge in [-0.15, -0.1) is 0 Å². The van der Waals surface area contributed by atoms with E-state index in [0.29, 0.717) is 12.5 Å². The smallest absolute Gasteiger partial charge is 0.0992 e. The molecule has 0 aliphatic carbocycles. The van der Waals surface area contributed by atoms with Gasteiger partial charge in [0, 0.05) is 6.54 Å². The summed E-state index contributed by atoms with van der Waals surface area (Å²) in [5.41, 5.74) is 0.185. The first-order valence-electron chi connectivity index (χ1n) is 6.58. The van der Waals surface area contributed by atoms with Gasteiger partial charge in [-0.3, -0.25) is 0 Å². The molecule has 1 unspecified atom stereocenters. The Morgan fingerprint density at radius 1 is 1.18 bits per heavy atom. The maximum atomic E-state index is 10.4. The van der Waals surface area contributed by atoms with E-state index in [1.807, 2.05) is 37.3 Å². The average Bonchev–Trinajstić information content (AvgIpc) is 2.36. The summed E-state index contributed by atoms with van der Waals surface area (Å²) in [7, 11) is 0. The van der Waals surface area contributed by atoms with E-state index in [1.165, 1.54) is 12.8 Å². The van der Waals surface area contributed by atoms with Crippen LogP contribution in [0.5, 0.6) is 0 Å². The minimum absolute atomic E-state index is 0.605. The second kappa shape index (κ2) is 6.77. The number of aliphatic hydroxyl groups is 1. The summed E-state index contributed by atoms with van der Waals surface area (Å²) >= 11 is 0. The third-order valence-corrected chi connectivity index (χ3v) is 3.45. The van der Waals surface area contributed by atoms with Crippen molar-refractivity contribution in [3.63, 3.8) is 0 Å². The Kier molecular flexibility index (Phi) is 5.66. The molecular formula is C15H25NO. The van der Waals surface area contributed by atoms with Crippen molar-refractivity contribution >= 4 is 0 Å². The van der Waals surface area contributed by atoms with Crippen LogP contribution in [-0.4, -0.2) is 18.2 Å². The minimum Gasteiger partial charge on any atom is -0.384 e. The lowest BCUT2D eigenvalue weighted by Gasteiger charge is -2.25. The standard InChI is InChI=1S/C15H25NO/c1-4-13(5-2)11-16-12-15(3,17)14-9-7-6-8-10-14/h6-10,13,16-17H,4-5,11-12H2,1-3H3.